The van der Waals surface area contributed by atoms with Gasteiger partial charge in [-0.15, -0.1) is 0 Å². The van der Waals surface area contributed by atoms with E-state index in [1.165, 1.54) is 18.3 Å². The average Bonchev–Trinajstić information content (AvgIpc) is 2.78. The fourth-order valence-corrected chi connectivity index (χ4v) is 1.42. The van der Waals surface area contributed by atoms with Gasteiger partial charge in [-0.3, -0.25) is 10.2 Å². The molecule has 4 N–H and O–H groups in total. The molecule has 2 rings (SSSR count). The maximum Gasteiger partial charge on any atom is 0.277 e. The van der Waals surface area contributed by atoms with Gasteiger partial charge in [-0.2, -0.15) is 4.39 Å². The molecule has 1 aliphatic rings. The quantitative estimate of drug-likeness (QED) is 0.270. The predicted molar refractivity (Wildman–Crippen MR) is 55.1 cm³/mol. The number of amides is 1. The number of anilines is 1. The minimum Gasteiger partial charge on any atom is -0.362 e. The summed E-state index contributed by atoms with van der Waals surface area (Å²) in [6.07, 6.45) is 3.94. The summed E-state index contributed by atoms with van der Waals surface area (Å²) in [4.78, 5) is 16.5. The van der Waals surface area contributed by atoms with Gasteiger partial charge in [-0.1, -0.05) is 0 Å². The number of nitrogens with one attached hydrogen (secondary N) is 2. The first-order chi connectivity index (χ1) is 7.72. The van der Waals surface area contributed by atoms with Crippen LogP contribution in [-0.4, -0.2) is 17.1 Å². The summed E-state index contributed by atoms with van der Waals surface area (Å²) >= 11 is 0. The van der Waals surface area contributed by atoms with Gasteiger partial charge in [0.15, 0.2) is 6.17 Å². The van der Waals surface area contributed by atoms with Crippen molar-refractivity contribution in [1.29, 1.82) is 0 Å². The van der Waals surface area contributed by atoms with Gasteiger partial charge >= 0.3 is 0 Å². The lowest BCUT2D eigenvalue weighted by Gasteiger charge is -2.23. The van der Waals surface area contributed by atoms with E-state index in [1.807, 2.05) is 5.43 Å². The van der Waals surface area contributed by atoms with Crippen molar-refractivity contribution in [3.8, 4) is 0 Å². The average molecular weight is 223 g/mol. The zero-order valence-electron chi connectivity index (χ0n) is 8.22. The van der Waals surface area contributed by atoms with E-state index in [1.54, 1.807) is 17.3 Å². The molecule has 16 heavy (non-hydrogen) atoms. The Labute approximate surface area is 90.9 Å². The Hall–Kier alpha value is -2.15. The van der Waals surface area contributed by atoms with E-state index in [0.29, 0.717) is 5.69 Å². The van der Waals surface area contributed by atoms with Crippen molar-refractivity contribution in [3.05, 3.63) is 36.7 Å². The van der Waals surface area contributed by atoms with Gasteiger partial charge in [0, 0.05) is 12.4 Å². The van der Waals surface area contributed by atoms with Crippen molar-refractivity contribution >= 4 is 11.6 Å². The largest absolute Gasteiger partial charge is 0.362 e. The Balaban J connectivity index is 2.22. The lowest BCUT2D eigenvalue weighted by atomic mass is 10.3. The highest BCUT2D eigenvalue weighted by molar-refractivity contribution is 5.85. The summed E-state index contributed by atoms with van der Waals surface area (Å²) in [6.45, 7) is 0. The van der Waals surface area contributed by atoms with Crippen molar-refractivity contribution in [3.63, 3.8) is 0 Å². The van der Waals surface area contributed by atoms with Crippen LogP contribution in [0.3, 0.4) is 0 Å². The Morgan fingerprint density at radius 1 is 1.62 bits per heavy atom. The predicted octanol–water partition coefficient (Wildman–Crippen LogP) is -0.582. The molecule has 0 saturated heterocycles. The Morgan fingerprint density at radius 2 is 2.44 bits per heavy atom. The summed E-state index contributed by atoms with van der Waals surface area (Å²) in [5, 5.41) is 2.80. The van der Waals surface area contributed by atoms with E-state index in [0.717, 1.165) is 0 Å². The van der Waals surface area contributed by atoms with Crippen molar-refractivity contribution < 1.29 is 9.18 Å². The molecule has 1 aromatic rings. The first kappa shape index (κ1) is 10.4. The highest BCUT2D eigenvalue weighted by Gasteiger charge is 2.26. The highest BCUT2D eigenvalue weighted by Crippen LogP contribution is 2.18. The van der Waals surface area contributed by atoms with Crippen LogP contribution in [0.1, 0.15) is 0 Å². The molecule has 1 amide bonds. The molecule has 0 spiro atoms. The Bertz CT molecular complexity index is 418. The zero-order chi connectivity index (χ0) is 11.5. The second kappa shape index (κ2) is 4.15. The van der Waals surface area contributed by atoms with Gasteiger partial charge in [0.25, 0.3) is 5.91 Å². The van der Waals surface area contributed by atoms with Crippen molar-refractivity contribution in [2.24, 2.45) is 5.84 Å². The fourth-order valence-electron chi connectivity index (χ4n) is 1.42. The maximum atomic E-state index is 12.6. The lowest BCUT2D eigenvalue weighted by Crippen LogP contribution is -2.50. The highest BCUT2D eigenvalue weighted by atomic mass is 19.1. The molecule has 1 aliphatic heterocycles. The number of hydrazine groups is 1. The third-order valence-electron chi connectivity index (χ3n) is 2.17. The van der Waals surface area contributed by atoms with Gasteiger partial charge in [-0.05, 0) is 12.1 Å². The van der Waals surface area contributed by atoms with Gasteiger partial charge in [0.05, 0.1) is 11.9 Å². The molecule has 1 atom stereocenters. The van der Waals surface area contributed by atoms with Crippen LogP contribution in [0.2, 0.25) is 0 Å². The van der Waals surface area contributed by atoms with E-state index in [4.69, 9.17) is 5.84 Å². The van der Waals surface area contributed by atoms with Crippen LogP contribution < -0.4 is 21.5 Å². The van der Waals surface area contributed by atoms with E-state index in [9.17, 15) is 9.18 Å². The minimum absolute atomic E-state index is 0.394. The summed E-state index contributed by atoms with van der Waals surface area (Å²) in [5.74, 6) is 4.08. The SMILES string of the molecule is NNC(=O)C1NC=CN1c1ccc(F)nc1. The van der Waals surface area contributed by atoms with E-state index in [2.05, 4.69) is 10.3 Å². The maximum absolute atomic E-state index is 12.6. The number of pyridine rings is 1. The molecule has 0 aromatic carbocycles. The number of carbonyl (C=O) groups is 1. The monoisotopic (exact) mass is 223 g/mol. The van der Waals surface area contributed by atoms with Crippen LogP contribution in [0.25, 0.3) is 0 Å². The molecule has 6 nitrogen and oxygen atoms in total. The number of aromatic nitrogens is 1. The van der Waals surface area contributed by atoms with Crippen molar-refractivity contribution in [2.45, 2.75) is 6.17 Å². The number of nitrogens with two attached hydrogens (primary N) is 1. The molecule has 0 aliphatic carbocycles. The molecule has 0 fully saturated rings. The summed E-state index contributed by atoms with van der Waals surface area (Å²) in [7, 11) is 0. The molecule has 1 unspecified atom stereocenters. The molecular formula is C9H10FN5O. The van der Waals surface area contributed by atoms with Gasteiger partial charge in [0.1, 0.15) is 0 Å². The number of rotatable bonds is 2. The van der Waals surface area contributed by atoms with E-state index in [-0.39, 0.29) is 0 Å². The molecular weight excluding hydrogens is 213 g/mol. The van der Waals surface area contributed by atoms with Gasteiger partial charge in [-0.25, -0.2) is 10.8 Å². The van der Waals surface area contributed by atoms with Gasteiger partial charge < -0.3 is 10.2 Å². The van der Waals surface area contributed by atoms with Crippen LogP contribution in [0.15, 0.2) is 30.7 Å². The zero-order valence-corrected chi connectivity index (χ0v) is 8.22. The smallest absolute Gasteiger partial charge is 0.277 e. The lowest BCUT2D eigenvalue weighted by molar-refractivity contribution is -0.122. The van der Waals surface area contributed by atoms with Crippen LogP contribution in [0, 0.1) is 5.95 Å². The molecule has 2 heterocycles. The standard InChI is InChI=1S/C9H10FN5O/c10-7-2-1-6(5-13-7)15-4-3-12-8(15)9(16)14-11/h1-5,8,12H,11H2,(H,14,16). The third kappa shape index (κ3) is 1.80. The number of hydrogen-bond donors (Lipinski definition) is 3. The molecule has 1 aromatic heterocycles. The van der Waals surface area contributed by atoms with E-state index >= 15 is 0 Å². The minimum atomic E-state index is -0.641. The first-order valence-corrected chi connectivity index (χ1v) is 4.55. The summed E-state index contributed by atoms with van der Waals surface area (Å²) in [6, 6.07) is 2.75. The third-order valence-corrected chi connectivity index (χ3v) is 2.17. The normalized spacial score (nSPS) is 18.4. The fraction of sp³-hybridized carbons (Fsp3) is 0.111. The van der Waals surface area contributed by atoms with Crippen LogP contribution in [-0.2, 0) is 4.79 Å². The van der Waals surface area contributed by atoms with Gasteiger partial charge in [0.2, 0.25) is 5.95 Å². The van der Waals surface area contributed by atoms with E-state index < -0.39 is 18.0 Å². The van der Waals surface area contributed by atoms with Crippen LogP contribution in [0.4, 0.5) is 10.1 Å². The number of hydrogen-bond acceptors (Lipinski definition) is 5. The number of carbonyl (C=O) groups excluding carboxylic acids is 1. The first-order valence-electron chi connectivity index (χ1n) is 4.55. The Kier molecular flexibility index (Phi) is 2.69. The van der Waals surface area contributed by atoms with Crippen LogP contribution in [0.5, 0.6) is 0 Å². The van der Waals surface area contributed by atoms with Crippen molar-refractivity contribution in [2.75, 3.05) is 4.90 Å². The van der Waals surface area contributed by atoms with Crippen LogP contribution >= 0.6 is 0 Å². The molecule has 7 heteroatoms. The molecule has 0 radical (unpaired) electrons. The molecule has 0 saturated carbocycles. The summed E-state index contributed by atoms with van der Waals surface area (Å²) in [5.41, 5.74) is 2.63. The topological polar surface area (TPSA) is 83.3 Å². The second-order valence-corrected chi connectivity index (χ2v) is 3.14. The number of halogens is 1. The second-order valence-electron chi connectivity index (χ2n) is 3.14. The summed E-state index contributed by atoms with van der Waals surface area (Å²) < 4.78 is 12.6. The van der Waals surface area contributed by atoms with Crippen molar-refractivity contribution in [1.82, 2.24) is 15.7 Å². The number of nitrogens with zero attached hydrogens (tertiary/aromatic N) is 2. The Morgan fingerprint density at radius 3 is 3.06 bits per heavy atom. The molecule has 0 bridgehead atoms. The molecule has 84 valence electrons.